The molecule has 20 heavy (non-hydrogen) atoms. The Morgan fingerprint density at radius 2 is 2.10 bits per heavy atom. The first kappa shape index (κ1) is 15.0. The van der Waals surface area contributed by atoms with E-state index in [4.69, 9.17) is 0 Å². The first-order valence-corrected chi connectivity index (χ1v) is 7.55. The molecule has 10 heteroatoms. The van der Waals surface area contributed by atoms with Crippen LogP contribution in [0, 0.1) is 0 Å². The van der Waals surface area contributed by atoms with Gasteiger partial charge in [-0.1, -0.05) is 0 Å². The van der Waals surface area contributed by atoms with E-state index in [-0.39, 0.29) is 0 Å². The Kier molecular flexibility index (Phi) is 3.65. The van der Waals surface area contributed by atoms with Crippen molar-refractivity contribution in [3.63, 3.8) is 0 Å². The molecule has 0 aromatic carbocycles. The fourth-order valence-electron chi connectivity index (χ4n) is 2.25. The lowest BCUT2D eigenvalue weighted by atomic mass is 10.0. The summed E-state index contributed by atoms with van der Waals surface area (Å²) < 4.78 is 31.5. The molecule has 0 bridgehead atoms. The van der Waals surface area contributed by atoms with Crippen molar-refractivity contribution in [3.05, 3.63) is 6.20 Å². The second-order valence-corrected chi connectivity index (χ2v) is 7.64. The summed E-state index contributed by atoms with van der Waals surface area (Å²) in [6, 6.07) is 0. The maximum absolute atomic E-state index is 12.2. The summed E-state index contributed by atoms with van der Waals surface area (Å²) in [4.78, 5) is 1.34. The van der Waals surface area contributed by atoms with E-state index < -0.39 is 21.7 Å². The minimum absolute atomic E-state index is 0.293. The average Bonchev–Trinajstić information content (AvgIpc) is 2.73. The third-order valence-electron chi connectivity index (χ3n) is 3.29. The molecule has 9 nitrogen and oxygen atoms in total. The lowest BCUT2D eigenvalue weighted by Gasteiger charge is -2.41. The van der Waals surface area contributed by atoms with Crippen LogP contribution < -0.4 is 14.9 Å². The average molecular weight is 305 g/mol. The van der Waals surface area contributed by atoms with E-state index >= 15 is 0 Å². The Hall–Kier alpha value is -1.39. The molecule has 1 aromatic heterocycles. The van der Waals surface area contributed by atoms with Crippen LogP contribution in [0.15, 0.2) is 10.7 Å². The van der Waals surface area contributed by atoms with Gasteiger partial charge >= 0.3 is 0 Å². The number of hydrogen-bond donors (Lipinski definition) is 0. The number of aromatic nitrogens is 2. The van der Waals surface area contributed by atoms with Gasteiger partial charge in [-0.25, -0.2) is 0 Å². The Labute approximate surface area is 118 Å². The van der Waals surface area contributed by atoms with Crippen LogP contribution in [0.5, 0.6) is 5.95 Å². The van der Waals surface area contributed by atoms with E-state index in [1.54, 1.807) is 5.01 Å². The number of hydrogen-bond acceptors (Lipinski definition) is 6. The predicted octanol–water partition coefficient (Wildman–Crippen LogP) is -2.13. The molecule has 1 aliphatic rings. The summed E-state index contributed by atoms with van der Waals surface area (Å²) in [5, 5.41) is 16.5. The Morgan fingerprint density at radius 1 is 1.45 bits per heavy atom. The van der Waals surface area contributed by atoms with E-state index in [0.717, 1.165) is 0 Å². The Morgan fingerprint density at radius 3 is 2.55 bits per heavy atom. The van der Waals surface area contributed by atoms with E-state index in [0.29, 0.717) is 19.6 Å². The standard InChI is InChI=1S/C10H19N5O4S/c1-10(2)8-13(20(17,18)12(3)4)5-6-14(10)15-7-9(16)19-11-15/h7H,5-6,8H2,1-4H3. The highest BCUT2D eigenvalue weighted by Crippen LogP contribution is 2.20. The topological polar surface area (TPSA) is 96.8 Å². The minimum Gasteiger partial charge on any atom is -0.539 e. The van der Waals surface area contributed by atoms with Gasteiger partial charge in [0.1, 0.15) is 10.8 Å². The highest BCUT2D eigenvalue weighted by molar-refractivity contribution is 7.86. The molecule has 2 heterocycles. The molecule has 0 radical (unpaired) electrons. The molecule has 1 fully saturated rings. The van der Waals surface area contributed by atoms with Gasteiger partial charge in [0.2, 0.25) is 0 Å². The van der Waals surface area contributed by atoms with Gasteiger partial charge in [0.15, 0.2) is 5.95 Å². The highest BCUT2D eigenvalue weighted by atomic mass is 32.2. The highest BCUT2D eigenvalue weighted by Gasteiger charge is 2.44. The second-order valence-electron chi connectivity index (χ2n) is 5.50. The van der Waals surface area contributed by atoms with Gasteiger partial charge in [-0.15, -0.1) is 5.01 Å². The van der Waals surface area contributed by atoms with Crippen molar-refractivity contribution in [2.75, 3.05) is 38.7 Å². The van der Waals surface area contributed by atoms with Crippen LogP contribution >= 0.6 is 0 Å². The normalized spacial score (nSPS) is 20.6. The van der Waals surface area contributed by atoms with E-state index in [2.05, 4.69) is 9.79 Å². The molecule has 0 unspecified atom stereocenters. The van der Waals surface area contributed by atoms with E-state index in [1.165, 1.54) is 33.7 Å². The molecule has 2 rings (SSSR count). The van der Waals surface area contributed by atoms with Gasteiger partial charge in [0.05, 0.1) is 6.54 Å². The molecule has 0 spiro atoms. The summed E-state index contributed by atoms with van der Waals surface area (Å²) in [6.45, 7) is 4.79. The zero-order valence-electron chi connectivity index (χ0n) is 12.0. The van der Waals surface area contributed by atoms with Gasteiger partial charge in [-0.2, -0.15) is 17.0 Å². The SMILES string of the molecule is CN(C)S(=O)(=O)N1CCN([n+]2cc([O-])on2)C(C)(C)C1. The van der Waals surface area contributed by atoms with Crippen LogP contribution in [0.2, 0.25) is 0 Å². The Bertz CT molecular complexity index is 582. The van der Waals surface area contributed by atoms with Crippen molar-refractivity contribution in [2.45, 2.75) is 19.4 Å². The van der Waals surface area contributed by atoms with Crippen molar-refractivity contribution >= 4 is 10.2 Å². The third kappa shape index (κ3) is 2.58. The summed E-state index contributed by atoms with van der Waals surface area (Å²) in [5.74, 6) is -0.538. The lowest BCUT2D eigenvalue weighted by Crippen LogP contribution is -2.75. The van der Waals surface area contributed by atoms with Crippen molar-refractivity contribution in [1.29, 1.82) is 0 Å². The maximum Gasteiger partial charge on any atom is 0.281 e. The second kappa shape index (κ2) is 4.86. The fraction of sp³-hybridized carbons (Fsp3) is 0.800. The molecular weight excluding hydrogens is 286 g/mol. The summed E-state index contributed by atoms with van der Waals surface area (Å²) in [5.41, 5.74) is -0.519. The van der Waals surface area contributed by atoms with Crippen LogP contribution in [-0.2, 0) is 10.2 Å². The van der Waals surface area contributed by atoms with E-state index in [1.807, 2.05) is 13.8 Å². The van der Waals surface area contributed by atoms with Gasteiger partial charge in [0, 0.05) is 32.0 Å². The molecule has 0 N–H and O–H groups in total. The first-order chi connectivity index (χ1) is 9.14. The molecule has 114 valence electrons. The lowest BCUT2D eigenvalue weighted by molar-refractivity contribution is -0.766. The predicted molar refractivity (Wildman–Crippen MR) is 67.5 cm³/mol. The monoisotopic (exact) mass is 305 g/mol. The van der Waals surface area contributed by atoms with Crippen LogP contribution in [-0.4, -0.2) is 61.6 Å². The largest absolute Gasteiger partial charge is 0.539 e. The van der Waals surface area contributed by atoms with Crippen molar-refractivity contribution in [2.24, 2.45) is 0 Å². The summed E-state index contributed by atoms with van der Waals surface area (Å²) in [7, 11) is -0.437. The van der Waals surface area contributed by atoms with Crippen molar-refractivity contribution < 1.29 is 22.8 Å². The third-order valence-corrected chi connectivity index (χ3v) is 5.18. The molecular formula is C10H19N5O4S. The fourth-order valence-corrected chi connectivity index (χ4v) is 3.50. The quantitative estimate of drug-likeness (QED) is 0.592. The van der Waals surface area contributed by atoms with Gasteiger partial charge in [-0.05, 0) is 13.8 Å². The van der Waals surface area contributed by atoms with Gasteiger partial charge in [0.25, 0.3) is 16.4 Å². The first-order valence-electron chi connectivity index (χ1n) is 6.16. The molecule has 0 atom stereocenters. The zero-order valence-corrected chi connectivity index (χ0v) is 12.8. The molecule has 0 amide bonds. The molecule has 1 aliphatic heterocycles. The summed E-state index contributed by atoms with van der Waals surface area (Å²) >= 11 is 0. The molecule has 0 saturated carbocycles. The van der Waals surface area contributed by atoms with Crippen molar-refractivity contribution in [3.8, 4) is 5.95 Å². The number of rotatable bonds is 3. The molecule has 1 aromatic rings. The maximum atomic E-state index is 12.2. The number of nitrogens with zero attached hydrogens (tertiary/aromatic N) is 5. The molecule has 1 saturated heterocycles. The Balaban J connectivity index is 2.22. The van der Waals surface area contributed by atoms with Crippen molar-refractivity contribution in [1.82, 2.24) is 13.9 Å². The van der Waals surface area contributed by atoms with Crippen LogP contribution in [0.1, 0.15) is 13.8 Å². The number of piperazine rings is 1. The van der Waals surface area contributed by atoms with Gasteiger partial charge in [-0.3, -0.25) is 0 Å². The zero-order chi connectivity index (χ0) is 15.1. The smallest absolute Gasteiger partial charge is 0.281 e. The minimum atomic E-state index is -3.45. The van der Waals surface area contributed by atoms with Crippen LogP contribution in [0.3, 0.4) is 0 Å². The van der Waals surface area contributed by atoms with Crippen LogP contribution in [0.4, 0.5) is 0 Å². The summed E-state index contributed by atoms with van der Waals surface area (Å²) in [6.07, 6.45) is 1.23. The van der Waals surface area contributed by atoms with Gasteiger partial charge < -0.3 is 9.63 Å². The molecule has 0 aliphatic carbocycles. The van der Waals surface area contributed by atoms with Crippen LogP contribution in [0.25, 0.3) is 0 Å². The van der Waals surface area contributed by atoms with E-state index in [9.17, 15) is 13.5 Å².